The Bertz CT molecular complexity index is 1350. The molecule has 0 unspecified atom stereocenters. The number of aromatic nitrogens is 2. The maximum atomic E-state index is 13.2. The van der Waals surface area contributed by atoms with Crippen molar-refractivity contribution in [2.45, 2.75) is 38.6 Å². The zero-order valence-electron chi connectivity index (χ0n) is 20.8. The molecule has 0 saturated heterocycles. The average Bonchev–Trinajstić information content (AvgIpc) is 2.90. The first-order valence-corrected chi connectivity index (χ1v) is 11.7. The first-order chi connectivity index (χ1) is 18.6. The summed E-state index contributed by atoms with van der Waals surface area (Å²) in [5.74, 6) is -1.91. The molecule has 1 aromatic heterocycles. The van der Waals surface area contributed by atoms with Gasteiger partial charge in [-0.15, -0.1) is 0 Å². The highest BCUT2D eigenvalue weighted by molar-refractivity contribution is 5.97. The number of carbonyl (C=O) groups is 2. The number of hydrogen-bond donors (Lipinski definition) is 3. The highest BCUT2D eigenvalue weighted by Crippen LogP contribution is 2.31. The van der Waals surface area contributed by atoms with Crippen molar-refractivity contribution < 1.29 is 32.2 Å². The maximum Gasteiger partial charge on any atom is 0.416 e. The van der Waals surface area contributed by atoms with Crippen LogP contribution in [0.1, 0.15) is 36.5 Å². The first kappa shape index (κ1) is 28.7. The molecule has 1 atom stereocenters. The van der Waals surface area contributed by atoms with Gasteiger partial charge in [-0.25, -0.2) is 0 Å². The van der Waals surface area contributed by atoms with E-state index in [0.717, 1.165) is 23.8 Å². The predicted molar refractivity (Wildman–Crippen MR) is 135 cm³/mol. The minimum absolute atomic E-state index is 0.0208. The van der Waals surface area contributed by atoms with Gasteiger partial charge in [0.25, 0.3) is 0 Å². The van der Waals surface area contributed by atoms with Gasteiger partial charge in [0, 0.05) is 12.1 Å². The number of benzene rings is 2. The molecule has 0 spiro atoms. The summed E-state index contributed by atoms with van der Waals surface area (Å²) in [4.78, 5) is 33.4. The summed E-state index contributed by atoms with van der Waals surface area (Å²) < 4.78 is 50.0. The van der Waals surface area contributed by atoms with Crippen LogP contribution in [0, 0.1) is 11.3 Å². The Morgan fingerprint density at radius 2 is 1.87 bits per heavy atom. The molecular weight excluding hydrogens is 517 g/mol. The second-order valence-corrected chi connectivity index (χ2v) is 8.11. The fourth-order valence-corrected chi connectivity index (χ4v) is 3.41. The van der Waals surface area contributed by atoms with E-state index >= 15 is 0 Å². The van der Waals surface area contributed by atoms with Crippen LogP contribution in [0.4, 0.5) is 30.6 Å². The number of ether oxygens (including phenoxy) is 2. The molecule has 13 heteroatoms. The van der Waals surface area contributed by atoms with Crippen molar-refractivity contribution >= 4 is 29.3 Å². The summed E-state index contributed by atoms with van der Waals surface area (Å²) in [6, 6.07) is 13.7. The molecule has 0 fully saturated rings. The van der Waals surface area contributed by atoms with Crippen molar-refractivity contribution in [3.8, 4) is 11.9 Å². The summed E-state index contributed by atoms with van der Waals surface area (Å²) in [5, 5.41) is 14.8. The summed E-state index contributed by atoms with van der Waals surface area (Å²) in [7, 11) is 0. The molecule has 204 valence electrons. The van der Waals surface area contributed by atoms with Crippen molar-refractivity contribution in [2.75, 3.05) is 23.0 Å². The third kappa shape index (κ3) is 8.32. The topological polar surface area (TPSA) is 152 Å². The minimum Gasteiger partial charge on any atom is -0.477 e. The highest BCUT2D eigenvalue weighted by Gasteiger charge is 2.31. The predicted octanol–water partition coefficient (Wildman–Crippen LogP) is 4.29. The Labute approximate surface area is 222 Å². The molecule has 0 aliphatic carbocycles. The van der Waals surface area contributed by atoms with Crippen molar-refractivity contribution in [1.29, 1.82) is 5.26 Å². The largest absolute Gasteiger partial charge is 0.477 e. The van der Waals surface area contributed by atoms with Gasteiger partial charge in [-0.3, -0.25) is 9.59 Å². The number of nitriles is 1. The number of nitrogens with one attached hydrogen (secondary N) is 2. The maximum absolute atomic E-state index is 13.2. The van der Waals surface area contributed by atoms with Gasteiger partial charge in [0.15, 0.2) is 11.4 Å². The molecule has 4 N–H and O–H groups in total. The van der Waals surface area contributed by atoms with Crippen LogP contribution in [0.3, 0.4) is 0 Å². The van der Waals surface area contributed by atoms with Crippen molar-refractivity contribution in [3.63, 3.8) is 0 Å². The van der Waals surface area contributed by atoms with Crippen LogP contribution in [0.5, 0.6) is 5.88 Å². The Kier molecular flexibility index (Phi) is 9.63. The summed E-state index contributed by atoms with van der Waals surface area (Å²) in [5.41, 5.74) is 5.28. The number of halogens is 3. The number of alkyl halides is 3. The lowest BCUT2D eigenvalue weighted by Gasteiger charge is -2.20. The van der Waals surface area contributed by atoms with Crippen LogP contribution in [0.15, 0.2) is 54.6 Å². The molecule has 0 aliphatic rings. The van der Waals surface area contributed by atoms with E-state index in [1.165, 1.54) is 6.07 Å². The third-order valence-electron chi connectivity index (χ3n) is 5.25. The first-order valence-electron chi connectivity index (χ1n) is 11.7. The van der Waals surface area contributed by atoms with Gasteiger partial charge in [0.2, 0.25) is 17.7 Å². The van der Waals surface area contributed by atoms with E-state index in [1.54, 1.807) is 31.2 Å². The quantitative estimate of drug-likeness (QED) is 0.301. The van der Waals surface area contributed by atoms with Gasteiger partial charge in [-0.05, 0) is 37.1 Å². The van der Waals surface area contributed by atoms with E-state index in [9.17, 15) is 28.0 Å². The molecule has 2 aromatic carbocycles. The van der Waals surface area contributed by atoms with E-state index in [4.69, 9.17) is 15.2 Å². The smallest absolute Gasteiger partial charge is 0.416 e. The molecule has 0 aliphatic heterocycles. The van der Waals surface area contributed by atoms with Crippen LogP contribution in [0.25, 0.3) is 0 Å². The number of anilines is 3. The lowest BCUT2D eigenvalue weighted by molar-refractivity contribution is -0.145. The molecule has 3 rings (SSSR count). The Morgan fingerprint density at radius 1 is 1.13 bits per heavy atom. The van der Waals surface area contributed by atoms with E-state index in [0.29, 0.717) is 0 Å². The molecule has 3 aromatic rings. The Balaban J connectivity index is 1.82. The van der Waals surface area contributed by atoms with E-state index in [1.807, 2.05) is 12.1 Å². The molecule has 1 amide bonds. The standard InChI is InChI=1S/C26H25F3N6O4/c1-2-38-24-19(14-30)22(34-25(31)35-24)33-20(11-12-21(36)39-15-16-7-4-3-5-8-16)23(37)32-18-10-6-9-17(13-18)26(27,28)29/h3-10,13,20H,2,11-12,15H2,1H3,(H,32,37)(H3,31,33,34,35)/t20-/m0/s1. The molecule has 0 saturated carbocycles. The number of nitrogens with two attached hydrogens (primary N) is 1. The minimum atomic E-state index is -4.61. The third-order valence-corrected chi connectivity index (χ3v) is 5.25. The van der Waals surface area contributed by atoms with Gasteiger partial charge in [0.1, 0.15) is 18.7 Å². The number of hydrogen-bond acceptors (Lipinski definition) is 9. The molecule has 1 heterocycles. The van der Waals surface area contributed by atoms with E-state index in [2.05, 4.69) is 20.6 Å². The molecule has 10 nitrogen and oxygen atoms in total. The number of nitrogen functional groups attached to an aromatic ring is 1. The van der Waals surface area contributed by atoms with E-state index in [-0.39, 0.29) is 55.0 Å². The fraction of sp³-hybridized carbons (Fsp3) is 0.269. The van der Waals surface area contributed by atoms with Crippen LogP contribution < -0.4 is 21.1 Å². The van der Waals surface area contributed by atoms with E-state index < -0.39 is 29.7 Å². The molecule has 0 radical (unpaired) electrons. The second kappa shape index (κ2) is 13.1. The van der Waals surface area contributed by atoms with Gasteiger partial charge >= 0.3 is 12.1 Å². The van der Waals surface area contributed by atoms with Gasteiger partial charge in [-0.2, -0.15) is 28.4 Å². The van der Waals surface area contributed by atoms with Crippen molar-refractivity contribution in [3.05, 3.63) is 71.3 Å². The summed E-state index contributed by atoms with van der Waals surface area (Å²) in [6.07, 6.45) is -5.00. The zero-order valence-corrected chi connectivity index (χ0v) is 20.8. The average molecular weight is 543 g/mol. The number of carbonyl (C=O) groups excluding carboxylic acids is 2. The second-order valence-electron chi connectivity index (χ2n) is 8.11. The van der Waals surface area contributed by atoms with Crippen molar-refractivity contribution in [2.24, 2.45) is 0 Å². The molecular formula is C26H25F3N6O4. The van der Waals surface area contributed by atoms with Crippen LogP contribution in [-0.2, 0) is 27.1 Å². The normalized spacial score (nSPS) is 11.7. The Hall–Kier alpha value is -4.86. The number of esters is 1. The SMILES string of the molecule is CCOc1nc(N)nc(N[C@@H](CCC(=O)OCc2ccccc2)C(=O)Nc2cccc(C(F)(F)F)c2)c1C#N. The summed E-state index contributed by atoms with van der Waals surface area (Å²) >= 11 is 0. The van der Waals surface area contributed by atoms with Gasteiger partial charge in [0.05, 0.1) is 12.2 Å². The number of rotatable bonds is 11. The highest BCUT2D eigenvalue weighted by atomic mass is 19.4. The fourth-order valence-electron chi connectivity index (χ4n) is 3.41. The zero-order chi connectivity index (χ0) is 28.4. The summed E-state index contributed by atoms with van der Waals surface area (Å²) in [6.45, 7) is 1.85. The lowest BCUT2D eigenvalue weighted by Crippen LogP contribution is -2.36. The number of nitrogens with zero attached hydrogens (tertiary/aromatic N) is 3. The van der Waals surface area contributed by atoms with Crippen LogP contribution >= 0.6 is 0 Å². The molecule has 0 bridgehead atoms. The van der Waals surface area contributed by atoms with Gasteiger partial charge in [-0.1, -0.05) is 36.4 Å². The van der Waals surface area contributed by atoms with Crippen molar-refractivity contribution in [1.82, 2.24) is 9.97 Å². The lowest BCUT2D eigenvalue weighted by atomic mass is 10.1. The molecule has 39 heavy (non-hydrogen) atoms. The van der Waals surface area contributed by atoms with Crippen LogP contribution in [0.2, 0.25) is 0 Å². The monoisotopic (exact) mass is 542 g/mol. The van der Waals surface area contributed by atoms with Crippen LogP contribution in [-0.4, -0.2) is 34.5 Å². The van der Waals surface area contributed by atoms with Gasteiger partial charge < -0.3 is 25.8 Å². The number of amides is 1. The Morgan fingerprint density at radius 3 is 2.54 bits per heavy atom.